The van der Waals surface area contributed by atoms with Gasteiger partial charge in [0.05, 0.1) is 19.8 Å². The minimum atomic E-state index is -0.991. The van der Waals surface area contributed by atoms with E-state index in [1.165, 1.54) is 20.8 Å². The number of carbonyl (C=O) groups excluding carboxylic acids is 3. The fourth-order valence-electron chi connectivity index (χ4n) is 0.907. The number of rotatable bonds is 7. The summed E-state index contributed by atoms with van der Waals surface area (Å²) in [6.45, 7) is 13.4. The average molecular weight is 350 g/mol. The van der Waals surface area contributed by atoms with Crippen molar-refractivity contribution in [3.8, 4) is 0 Å². The Kier molecular flexibility index (Phi) is 22.0. The standard InChI is InChI=1S/2C6H12O2.C5H10O3/c1-5(2)4-8-6(3)7;1-3-4-5-8-6(2)7;1-3-8-5(7)4(2)6/h5H,4H2,1-3H3;3-5H2,1-2H3;4,6H,3H2,1-2H3. The van der Waals surface area contributed by atoms with Gasteiger partial charge in [0, 0.05) is 13.8 Å². The fourth-order valence-corrected chi connectivity index (χ4v) is 0.907. The number of ether oxygens (including phenoxy) is 3. The van der Waals surface area contributed by atoms with E-state index in [4.69, 9.17) is 5.11 Å². The Labute approximate surface area is 145 Å². The van der Waals surface area contributed by atoms with E-state index < -0.39 is 12.1 Å². The van der Waals surface area contributed by atoms with Crippen molar-refractivity contribution in [1.82, 2.24) is 0 Å². The maximum absolute atomic E-state index is 10.3. The van der Waals surface area contributed by atoms with Gasteiger partial charge in [-0.05, 0) is 26.2 Å². The quantitative estimate of drug-likeness (QED) is 0.428. The van der Waals surface area contributed by atoms with Gasteiger partial charge in [0.2, 0.25) is 0 Å². The molecule has 0 rings (SSSR count). The molecule has 0 aromatic rings. The summed E-state index contributed by atoms with van der Waals surface area (Å²) >= 11 is 0. The summed E-state index contributed by atoms with van der Waals surface area (Å²) in [5, 5.41) is 8.48. The molecule has 0 amide bonds. The highest BCUT2D eigenvalue weighted by molar-refractivity contribution is 5.73. The zero-order valence-corrected chi connectivity index (χ0v) is 16.1. The Hall–Kier alpha value is -1.63. The second-order valence-corrected chi connectivity index (χ2v) is 5.32. The van der Waals surface area contributed by atoms with Crippen LogP contribution in [0.25, 0.3) is 0 Å². The molecule has 1 atom stereocenters. The van der Waals surface area contributed by atoms with Crippen LogP contribution in [-0.2, 0) is 28.6 Å². The fraction of sp³-hybridized carbons (Fsp3) is 0.824. The zero-order valence-electron chi connectivity index (χ0n) is 16.1. The van der Waals surface area contributed by atoms with Crippen molar-refractivity contribution in [2.24, 2.45) is 5.92 Å². The molecule has 1 N–H and O–H groups in total. The molecule has 0 aliphatic heterocycles. The Bertz CT molecular complexity index is 325. The number of unbranched alkanes of at least 4 members (excludes halogenated alkanes) is 1. The van der Waals surface area contributed by atoms with Crippen molar-refractivity contribution in [3.63, 3.8) is 0 Å². The van der Waals surface area contributed by atoms with Crippen molar-refractivity contribution in [1.29, 1.82) is 0 Å². The molecule has 0 aliphatic carbocycles. The van der Waals surface area contributed by atoms with E-state index in [1.54, 1.807) is 6.92 Å². The summed E-state index contributed by atoms with van der Waals surface area (Å²) in [5.41, 5.74) is 0. The highest BCUT2D eigenvalue weighted by Crippen LogP contribution is 1.91. The van der Waals surface area contributed by atoms with Crippen LogP contribution in [0.15, 0.2) is 0 Å². The highest BCUT2D eigenvalue weighted by atomic mass is 16.5. The lowest BCUT2D eigenvalue weighted by Gasteiger charge is -2.02. The summed E-state index contributed by atoms with van der Waals surface area (Å²) in [7, 11) is 0. The van der Waals surface area contributed by atoms with E-state index in [0.29, 0.717) is 25.7 Å². The topological polar surface area (TPSA) is 99.1 Å². The lowest BCUT2D eigenvalue weighted by molar-refractivity contribution is -0.152. The molecule has 0 radical (unpaired) electrons. The van der Waals surface area contributed by atoms with Gasteiger partial charge in [-0.2, -0.15) is 0 Å². The Morgan fingerprint density at radius 2 is 1.42 bits per heavy atom. The minimum absolute atomic E-state index is 0.182. The second kappa shape index (κ2) is 19.4. The summed E-state index contributed by atoms with van der Waals surface area (Å²) in [6.07, 6.45) is 1.06. The van der Waals surface area contributed by atoms with Crippen LogP contribution < -0.4 is 0 Å². The third-order valence-corrected chi connectivity index (χ3v) is 2.05. The molecule has 0 aromatic carbocycles. The summed E-state index contributed by atoms with van der Waals surface area (Å²) in [4.78, 5) is 30.5. The number of hydrogen-bond acceptors (Lipinski definition) is 7. The van der Waals surface area contributed by atoms with Gasteiger partial charge in [-0.1, -0.05) is 27.2 Å². The third kappa shape index (κ3) is 32.4. The smallest absolute Gasteiger partial charge is 0.334 e. The molecule has 144 valence electrons. The van der Waals surface area contributed by atoms with Crippen LogP contribution in [-0.4, -0.2) is 48.9 Å². The van der Waals surface area contributed by atoms with Crippen LogP contribution in [0.2, 0.25) is 0 Å². The highest BCUT2D eigenvalue weighted by Gasteiger charge is 2.07. The Balaban J connectivity index is -0.000000276. The predicted octanol–water partition coefficient (Wildman–Crippen LogP) is 2.49. The SMILES string of the molecule is CC(=O)OCC(C)C.CCCCOC(C)=O.CCOC(=O)C(C)O. The van der Waals surface area contributed by atoms with Crippen LogP contribution in [0, 0.1) is 5.92 Å². The molecule has 7 heteroatoms. The molecule has 7 nitrogen and oxygen atoms in total. The van der Waals surface area contributed by atoms with Gasteiger partial charge in [0.15, 0.2) is 0 Å². The lowest BCUT2D eigenvalue weighted by atomic mass is 10.2. The zero-order chi connectivity index (χ0) is 19.5. The molecule has 0 heterocycles. The third-order valence-electron chi connectivity index (χ3n) is 2.05. The van der Waals surface area contributed by atoms with Gasteiger partial charge in [0.25, 0.3) is 0 Å². The van der Waals surface area contributed by atoms with E-state index in [0.717, 1.165) is 12.8 Å². The Morgan fingerprint density at radius 3 is 1.62 bits per heavy atom. The van der Waals surface area contributed by atoms with Crippen LogP contribution in [0.1, 0.15) is 61.3 Å². The van der Waals surface area contributed by atoms with Crippen LogP contribution in [0.5, 0.6) is 0 Å². The monoisotopic (exact) mass is 350 g/mol. The number of carbonyl (C=O) groups is 3. The molecule has 0 saturated carbocycles. The van der Waals surface area contributed by atoms with E-state index in [9.17, 15) is 14.4 Å². The van der Waals surface area contributed by atoms with Gasteiger partial charge >= 0.3 is 17.9 Å². The first kappa shape index (κ1) is 27.2. The molecular weight excluding hydrogens is 316 g/mol. The number of esters is 3. The number of hydrogen-bond donors (Lipinski definition) is 1. The first-order valence-corrected chi connectivity index (χ1v) is 8.19. The van der Waals surface area contributed by atoms with Crippen molar-refractivity contribution in [3.05, 3.63) is 0 Å². The average Bonchev–Trinajstić information content (AvgIpc) is 2.46. The van der Waals surface area contributed by atoms with Gasteiger partial charge < -0.3 is 19.3 Å². The van der Waals surface area contributed by atoms with Gasteiger partial charge in [0.1, 0.15) is 6.10 Å². The van der Waals surface area contributed by atoms with Gasteiger partial charge in [-0.25, -0.2) is 4.79 Å². The summed E-state index contributed by atoms with van der Waals surface area (Å²) < 4.78 is 13.7. The number of aliphatic hydroxyl groups excluding tert-OH is 1. The first-order valence-electron chi connectivity index (χ1n) is 8.19. The molecule has 0 aromatic heterocycles. The molecule has 24 heavy (non-hydrogen) atoms. The van der Waals surface area contributed by atoms with Crippen molar-refractivity contribution >= 4 is 17.9 Å². The van der Waals surface area contributed by atoms with E-state index in [2.05, 4.69) is 21.1 Å². The van der Waals surface area contributed by atoms with Crippen molar-refractivity contribution in [2.75, 3.05) is 19.8 Å². The van der Waals surface area contributed by atoms with E-state index in [1.807, 2.05) is 13.8 Å². The van der Waals surface area contributed by atoms with Gasteiger partial charge in [-0.15, -0.1) is 0 Å². The van der Waals surface area contributed by atoms with Crippen LogP contribution >= 0.6 is 0 Å². The largest absolute Gasteiger partial charge is 0.466 e. The van der Waals surface area contributed by atoms with Crippen molar-refractivity contribution in [2.45, 2.75) is 67.4 Å². The van der Waals surface area contributed by atoms with Crippen LogP contribution in [0.3, 0.4) is 0 Å². The molecule has 0 spiro atoms. The lowest BCUT2D eigenvalue weighted by Crippen LogP contribution is -2.18. The first-order chi connectivity index (χ1) is 11.1. The molecule has 0 bridgehead atoms. The normalized spacial score (nSPS) is 10.4. The molecular formula is C17H34O7. The predicted molar refractivity (Wildman–Crippen MR) is 91.3 cm³/mol. The molecule has 0 saturated heterocycles. The molecule has 0 aliphatic rings. The van der Waals surface area contributed by atoms with E-state index in [-0.39, 0.29) is 11.9 Å². The second-order valence-electron chi connectivity index (χ2n) is 5.32. The molecule has 0 fully saturated rings. The van der Waals surface area contributed by atoms with E-state index >= 15 is 0 Å². The van der Waals surface area contributed by atoms with Crippen molar-refractivity contribution < 1.29 is 33.7 Å². The summed E-state index contributed by atoms with van der Waals surface area (Å²) in [5.74, 6) is -0.497. The molecule has 1 unspecified atom stereocenters. The van der Waals surface area contributed by atoms with Gasteiger partial charge in [-0.3, -0.25) is 9.59 Å². The maximum atomic E-state index is 10.3. The Morgan fingerprint density at radius 1 is 0.917 bits per heavy atom. The maximum Gasteiger partial charge on any atom is 0.334 e. The number of aliphatic hydroxyl groups is 1. The van der Waals surface area contributed by atoms with Crippen LogP contribution in [0.4, 0.5) is 0 Å². The summed E-state index contributed by atoms with van der Waals surface area (Å²) in [6, 6.07) is 0. The minimum Gasteiger partial charge on any atom is -0.466 e.